The van der Waals surface area contributed by atoms with Crippen LogP contribution in [0.1, 0.15) is 0 Å². The fourth-order valence-electron chi connectivity index (χ4n) is 6.35. The molecule has 0 N–H and O–H groups in total. The van der Waals surface area contributed by atoms with Crippen LogP contribution in [0.2, 0.25) is 0 Å². The average molecular weight is 600 g/mol. The van der Waals surface area contributed by atoms with E-state index in [1.165, 1.54) is 55.3 Å². The molecule has 0 aliphatic carbocycles. The molecule has 8 aromatic rings. The fourth-order valence-corrected chi connectivity index (χ4v) is 6.35. The summed E-state index contributed by atoms with van der Waals surface area (Å²) in [5.41, 5.74) is 13.1. The lowest BCUT2D eigenvalue weighted by Gasteiger charge is -2.26. The van der Waals surface area contributed by atoms with E-state index in [4.69, 9.17) is 0 Å². The van der Waals surface area contributed by atoms with Crippen LogP contribution in [0.15, 0.2) is 200 Å². The summed E-state index contributed by atoms with van der Waals surface area (Å²) < 4.78 is 0. The Labute approximate surface area is 276 Å². The number of benzene rings is 8. The van der Waals surface area contributed by atoms with Crippen molar-refractivity contribution in [3.63, 3.8) is 0 Å². The van der Waals surface area contributed by atoms with E-state index in [1.807, 2.05) is 0 Å². The maximum atomic E-state index is 2.33. The van der Waals surface area contributed by atoms with E-state index in [-0.39, 0.29) is 0 Å². The molecule has 0 radical (unpaired) electrons. The predicted molar refractivity (Wildman–Crippen MR) is 200 cm³/mol. The van der Waals surface area contributed by atoms with Gasteiger partial charge in [0.2, 0.25) is 0 Å². The Balaban J connectivity index is 1.13. The molecule has 8 rings (SSSR count). The fraction of sp³-hybridized carbons (Fsp3) is 0. The number of hydrogen-bond donors (Lipinski definition) is 0. The molecule has 0 aliphatic heterocycles. The molecule has 0 amide bonds. The minimum atomic E-state index is 1.11. The molecule has 0 fully saturated rings. The third-order valence-electron chi connectivity index (χ3n) is 8.87. The monoisotopic (exact) mass is 599 g/mol. The van der Waals surface area contributed by atoms with E-state index in [0.29, 0.717) is 0 Å². The molecule has 0 saturated carbocycles. The maximum Gasteiger partial charge on any atom is 0.0462 e. The summed E-state index contributed by atoms with van der Waals surface area (Å²) in [5, 5.41) is 2.49. The van der Waals surface area contributed by atoms with Gasteiger partial charge in [0.05, 0.1) is 0 Å². The van der Waals surface area contributed by atoms with Crippen molar-refractivity contribution in [1.29, 1.82) is 0 Å². The van der Waals surface area contributed by atoms with Crippen molar-refractivity contribution in [3.05, 3.63) is 200 Å². The second kappa shape index (κ2) is 12.7. The third-order valence-corrected chi connectivity index (χ3v) is 8.87. The highest BCUT2D eigenvalue weighted by atomic mass is 15.1. The average Bonchev–Trinajstić information content (AvgIpc) is 3.16. The Hall–Kier alpha value is -6.18. The van der Waals surface area contributed by atoms with Gasteiger partial charge in [0.15, 0.2) is 0 Å². The Morgan fingerprint density at radius 3 is 0.809 bits per heavy atom. The lowest BCUT2D eigenvalue weighted by Crippen LogP contribution is -2.09. The van der Waals surface area contributed by atoms with Crippen molar-refractivity contribution < 1.29 is 0 Å². The van der Waals surface area contributed by atoms with Crippen LogP contribution >= 0.6 is 0 Å². The molecular weight excluding hydrogens is 567 g/mol. The van der Waals surface area contributed by atoms with Crippen LogP contribution in [0.25, 0.3) is 55.3 Å². The van der Waals surface area contributed by atoms with Crippen LogP contribution in [0.5, 0.6) is 0 Å². The largest absolute Gasteiger partial charge is 0.311 e. The van der Waals surface area contributed by atoms with Crippen molar-refractivity contribution in [2.24, 2.45) is 0 Å². The summed E-state index contributed by atoms with van der Waals surface area (Å²) in [4.78, 5) is 2.33. The minimum absolute atomic E-state index is 1.11. The first-order chi connectivity index (χ1) is 23.3. The highest BCUT2D eigenvalue weighted by Gasteiger charge is 2.14. The van der Waals surface area contributed by atoms with Gasteiger partial charge in [-0.1, -0.05) is 152 Å². The van der Waals surface area contributed by atoms with Crippen LogP contribution in [0.4, 0.5) is 17.1 Å². The number of nitrogens with zero attached hydrogens (tertiary/aromatic N) is 1. The van der Waals surface area contributed by atoms with E-state index in [1.54, 1.807) is 0 Å². The predicted octanol–water partition coefficient (Wildman–Crippen LogP) is 13.0. The molecule has 1 heteroatoms. The van der Waals surface area contributed by atoms with Gasteiger partial charge in [-0.2, -0.15) is 0 Å². The molecule has 47 heavy (non-hydrogen) atoms. The molecule has 0 spiro atoms. The van der Waals surface area contributed by atoms with Gasteiger partial charge in [-0.25, -0.2) is 0 Å². The topological polar surface area (TPSA) is 3.24 Å². The van der Waals surface area contributed by atoms with Crippen LogP contribution in [0.3, 0.4) is 0 Å². The lowest BCUT2D eigenvalue weighted by molar-refractivity contribution is 1.28. The van der Waals surface area contributed by atoms with Crippen LogP contribution in [-0.2, 0) is 0 Å². The molecular formula is C46H33N. The highest BCUT2D eigenvalue weighted by Crippen LogP contribution is 2.38. The first-order valence-corrected chi connectivity index (χ1v) is 16.1. The first-order valence-electron chi connectivity index (χ1n) is 16.1. The van der Waals surface area contributed by atoms with Crippen molar-refractivity contribution in [3.8, 4) is 44.5 Å². The normalized spacial score (nSPS) is 11.0. The van der Waals surface area contributed by atoms with Gasteiger partial charge in [-0.05, 0) is 104 Å². The Kier molecular flexibility index (Phi) is 7.63. The summed E-state index contributed by atoms with van der Waals surface area (Å²) in [6, 6.07) is 71.8. The summed E-state index contributed by atoms with van der Waals surface area (Å²) in [6.07, 6.45) is 0. The van der Waals surface area contributed by atoms with E-state index < -0.39 is 0 Å². The Morgan fingerprint density at radius 2 is 0.468 bits per heavy atom. The van der Waals surface area contributed by atoms with Gasteiger partial charge in [-0.15, -0.1) is 0 Å². The second-order valence-corrected chi connectivity index (χ2v) is 11.9. The quantitative estimate of drug-likeness (QED) is 0.176. The van der Waals surface area contributed by atoms with E-state index in [0.717, 1.165) is 17.1 Å². The lowest BCUT2D eigenvalue weighted by atomic mass is 9.97. The standard InChI is InChI=1S/C46H33N/c1-4-10-34(11-5-1)37-20-26-44(27-21-37)47(45-28-22-38(23-29-45)35-12-6-2-7-13-35)46-30-24-39(25-31-46)41-17-19-42-32-40(16-18-43(42)33-41)36-14-8-3-9-15-36/h1-33H. The highest BCUT2D eigenvalue weighted by molar-refractivity contribution is 5.91. The zero-order valence-electron chi connectivity index (χ0n) is 26.0. The molecule has 0 aromatic heterocycles. The van der Waals surface area contributed by atoms with Crippen molar-refractivity contribution >= 4 is 27.8 Å². The van der Waals surface area contributed by atoms with Gasteiger partial charge in [0, 0.05) is 17.1 Å². The molecule has 0 bridgehead atoms. The van der Waals surface area contributed by atoms with Crippen LogP contribution in [0, 0.1) is 0 Å². The maximum absolute atomic E-state index is 2.33. The molecule has 0 saturated heterocycles. The Bertz CT molecular complexity index is 2150. The van der Waals surface area contributed by atoms with E-state index >= 15 is 0 Å². The molecule has 1 nitrogen and oxygen atoms in total. The molecule has 0 atom stereocenters. The van der Waals surface area contributed by atoms with Crippen molar-refractivity contribution in [1.82, 2.24) is 0 Å². The van der Waals surface area contributed by atoms with Crippen molar-refractivity contribution in [2.75, 3.05) is 4.90 Å². The zero-order chi connectivity index (χ0) is 31.4. The molecule has 0 heterocycles. The van der Waals surface area contributed by atoms with Gasteiger partial charge >= 0.3 is 0 Å². The van der Waals surface area contributed by atoms with Crippen LogP contribution in [-0.4, -0.2) is 0 Å². The smallest absolute Gasteiger partial charge is 0.0462 e. The third kappa shape index (κ3) is 5.95. The number of rotatable bonds is 7. The zero-order valence-corrected chi connectivity index (χ0v) is 26.0. The van der Waals surface area contributed by atoms with Crippen molar-refractivity contribution in [2.45, 2.75) is 0 Å². The van der Waals surface area contributed by atoms with E-state index in [2.05, 4.69) is 205 Å². The van der Waals surface area contributed by atoms with Crippen LogP contribution < -0.4 is 4.90 Å². The molecule has 0 aliphatic rings. The second-order valence-electron chi connectivity index (χ2n) is 11.9. The van der Waals surface area contributed by atoms with Gasteiger partial charge < -0.3 is 4.90 Å². The summed E-state index contributed by atoms with van der Waals surface area (Å²) >= 11 is 0. The van der Waals surface area contributed by atoms with Gasteiger partial charge in [0.1, 0.15) is 0 Å². The minimum Gasteiger partial charge on any atom is -0.311 e. The van der Waals surface area contributed by atoms with E-state index in [9.17, 15) is 0 Å². The molecule has 222 valence electrons. The number of anilines is 3. The Morgan fingerprint density at radius 1 is 0.213 bits per heavy atom. The summed E-state index contributed by atoms with van der Waals surface area (Å²) in [7, 11) is 0. The summed E-state index contributed by atoms with van der Waals surface area (Å²) in [6.45, 7) is 0. The van der Waals surface area contributed by atoms with Gasteiger partial charge in [0.25, 0.3) is 0 Å². The number of hydrogen-bond acceptors (Lipinski definition) is 1. The summed E-state index contributed by atoms with van der Waals surface area (Å²) in [5.74, 6) is 0. The first kappa shape index (κ1) is 28.3. The van der Waals surface area contributed by atoms with Gasteiger partial charge in [-0.3, -0.25) is 0 Å². The SMILES string of the molecule is c1ccc(-c2ccc(N(c3ccc(-c4ccccc4)cc3)c3ccc(-c4ccc5cc(-c6ccccc6)ccc5c4)cc3)cc2)cc1. The molecule has 0 unspecified atom stereocenters. The number of fused-ring (bicyclic) bond motifs is 1. The molecule has 8 aromatic carbocycles.